The van der Waals surface area contributed by atoms with Crippen molar-refractivity contribution in [2.45, 2.75) is 17.2 Å². The molecule has 4 heterocycles. The maximum absolute atomic E-state index is 9.11. The van der Waals surface area contributed by atoms with Crippen LogP contribution in [0.3, 0.4) is 0 Å². The Morgan fingerprint density at radius 3 is 3.15 bits per heavy atom. The van der Waals surface area contributed by atoms with E-state index in [1.165, 1.54) is 0 Å². The lowest BCUT2D eigenvalue weighted by molar-refractivity contribution is 0.0483. The Kier molecular flexibility index (Phi) is 4.57. The topological polar surface area (TPSA) is 85.0 Å². The highest BCUT2D eigenvalue weighted by atomic mass is 35.5. The van der Waals surface area contributed by atoms with E-state index in [2.05, 4.69) is 16.4 Å². The highest BCUT2D eigenvalue weighted by Crippen LogP contribution is 2.49. The second kappa shape index (κ2) is 6.74. The van der Waals surface area contributed by atoms with Crippen LogP contribution in [0.4, 0.5) is 0 Å². The van der Waals surface area contributed by atoms with Crippen molar-refractivity contribution in [1.29, 1.82) is 10.7 Å². The molecule has 2 aliphatic heterocycles. The molecule has 0 saturated carbocycles. The Morgan fingerprint density at radius 1 is 1.50 bits per heavy atom. The number of rotatable bonds is 2. The van der Waals surface area contributed by atoms with Crippen LogP contribution in [0.2, 0.25) is 5.02 Å². The van der Waals surface area contributed by atoms with E-state index in [9.17, 15) is 0 Å². The van der Waals surface area contributed by atoms with Gasteiger partial charge < -0.3 is 10.1 Å². The molecule has 26 heavy (non-hydrogen) atoms. The fourth-order valence-corrected chi connectivity index (χ4v) is 6.25. The van der Waals surface area contributed by atoms with Gasteiger partial charge in [-0.3, -0.25) is 14.7 Å². The zero-order valence-corrected chi connectivity index (χ0v) is 16.3. The third-order valence-corrected chi connectivity index (χ3v) is 7.71. The fraction of sp³-hybridized carbons (Fsp3) is 0.353. The van der Waals surface area contributed by atoms with Crippen molar-refractivity contribution in [3.8, 4) is 16.5 Å². The number of hydrogen-bond acceptors (Lipinski definition) is 6. The summed E-state index contributed by atoms with van der Waals surface area (Å²) in [5, 5.41) is 21.6. The zero-order valence-electron chi connectivity index (χ0n) is 14.0. The lowest BCUT2D eigenvalue weighted by Gasteiger charge is -2.49. The van der Waals surface area contributed by atoms with Gasteiger partial charge in [0, 0.05) is 42.9 Å². The lowest BCUT2D eigenvalue weighted by atomic mass is 9.87. The van der Waals surface area contributed by atoms with Crippen LogP contribution >= 0.6 is 34.9 Å². The lowest BCUT2D eigenvalue weighted by Crippen LogP contribution is -2.63. The maximum Gasteiger partial charge on any atom is 0.201 e. The average Bonchev–Trinajstić information content (AvgIpc) is 3.05. The van der Waals surface area contributed by atoms with E-state index in [0.717, 1.165) is 21.7 Å². The molecule has 2 fully saturated rings. The summed E-state index contributed by atoms with van der Waals surface area (Å²) < 4.78 is 7.51. The van der Waals surface area contributed by atoms with E-state index in [4.69, 9.17) is 27.0 Å². The monoisotopic (exact) mass is 405 g/mol. The van der Waals surface area contributed by atoms with Crippen LogP contribution in [-0.4, -0.2) is 40.8 Å². The molecule has 6 nitrogen and oxygen atoms in total. The molecule has 2 unspecified atom stereocenters. The number of fused-ring (bicyclic) bond motifs is 1. The zero-order chi connectivity index (χ0) is 18.3. The smallest absolute Gasteiger partial charge is 0.201 e. The van der Waals surface area contributed by atoms with Gasteiger partial charge >= 0.3 is 0 Å². The number of nitrogens with zero attached hydrogens (tertiary/aromatic N) is 3. The highest BCUT2D eigenvalue weighted by Gasteiger charge is 2.50. The van der Waals surface area contributed by atoms with E-state index < -0.39 is 5.54 Å². The van der Waals surface area contributed by atoms with Crippen molar-refractivity contribution in [3.05, 3.63) is 40.0 Å². The molecule has 9 heteroatoms. The minimum absolute atomic E-state index is 0.128. The summed E-state index contributed by atoms with van der Waals surface area (Å²) in [6, 6.07) is 5.86. The minimum atomic E-state index is -0.424. The first-order valence-electron chi connectivity index (χ1n) is 8.04. The normalized spacial score (nSPS) is 25.3. The molecular weight excluding hydrogens is 390 g/mol. The first-order valence-corrected chi connectivity index (χ1v) is 10.1. The molecule has 0 spiro atoms. The predicted octanol–water partition coefficient (Wildman–Crippen LogP) is 3.44. The fourth-order valence-electron chi connectivity index (χ4n) is 3.29. The van der Waals surface area contributed by atoms with Gasteiger partial charge in [-0.05, 0) is 24.1 Å². The van der Waals surface area contributed by atoms with Crippen LogP contribution in [0.15, 0.2) is 24.5 Å². The standard InChI is InChI=1S/C17H16ClN5OS2/c1-23-16(20)22-17(2-3-24-9-14(17)26-23)15-12(18)5-13(25-15)11-4-10(6-19)7-21-8-11/h4-5,7-8,14H,2-3,9H2,1H3,(H2,20,22). The molecule has 2 saturated heterocycles. The molecular formula is C17H16ClN5OS2. The van der Waals surface area contributed by atoms with Crippen LogP contribution in [0.25, 0.3) is 10.4 Å². The molecule has 134 valence electrons. The van der Waals surface area contributed by atoms with Gasteiger partial charge in [0.2, 0.25) is 5.96 Å². The summed E-state index contributed by atoms with van der Waals surface area (Å²) in [5.41, 5.74) is 0.968. The Labute approximate surface area is 164 Å². The third kappa shape index (κ3) is 2.85. The van der Waals surface area contributed by atoms with Gasteiger partial charge in [0.05, 0.1) is 32.9 Å². The second-order valence-electron chi connectivity index (χ2n) is 6.22. The SMILES string of the molecule is CN1SC2COCCC2(c2sc(-c3cncc(C#N)c3)cc2Cl)NC1=N. The number of guanidine groups is 1. The van der Waals surface area contributed by atoms with Crippen LogP contribution in [0.5, 0.6) is 0 Å². The number of nitriles is 1. The van der Waals surface area contributed by atoms with Gasteiger partial charge in [-0.2, -0.15) is 5.26 Å². The van der Waals surface area contributed by atoms with Crippen molar-refractivity contribution in [2.24, 2.45) is 0 Å². The van der Waals surface area contributed by atoms with E-state index in [1.807, 2.05) is 23.5 Å². The number of hydrogen-bond donors (Lipinski definition) is 2. The summed E-state index contributed by atoms with van der Waals surface area (Å²) in [7, 11) is 1.87. The van der Waals surface area contributed by atoms with Gasteiger partial charge in [0.15, 0.2) is 0 Å². The Morgan fingerprint density at radius 2 is 2.35 bits per heavy atom. The average molecular weight is 406 g/mol. The number of nitrogens with one attached hydrogen (secondary N) is 2. The van der Waals surface area contributed by atoms with Crippen molar-refractivity contribution in [3.63, 3.8) is 0 Å². The summed E-state index contributed by atoms with van der Waals surface area (Å²) in [5.74, 6) is 0.368. The van der Waals surface area contributed by atoms with E-state index in [1.54, 1.807) is 35.7 Å². The number of thiophene rings is 1. The first-order chi connectivity index (χ1) is 12.5. The van der Waals surface area contributed by atoms with Crippen LogP contribution in [0.1, 0.15) is 16.9 Å². The Bertz CT molecular complexity index is 911. The van der Waals surface area contributed by atoms with Crippen molar-refractivity contribution >= 4 is 40.8 Å². The summed E-state index contributed by atoms with van der Waals surface area (Å²) >= 11 is 9.85. The number of pyridine rings is 1. The quantitative estimate of drug-likeness (QED) is 0.744. The Balaban J connectivity index is 1.78. The summed E-state index contributed by atoms with van der Waals surface area (Å²) in [4.78, 5) is 6.12. The van der Waals surface area contributed by atoms with Crippen molar-refractivity contribution in [1.82, 2.24) is 14.6 Å². The molecule has 2 N–H and O–H groups in total. The van der Waals surface area contributed by atoms with Crippen LogP contribution in [-0.2, 0) is 10.3 Å². The van der Waals surface area contributed by atoms with Gasteiger partial charge in [-0.1, -0.05) is 11.6 Å². The van der Waals surface area contributed by atoms with Crippen LogP contribution in [0, 0.1) is 16.7 Å². The molecule has 0 amide bonds. The molecule has 2 atom stereocenters. The number of ether oxygens (including phenoxy) is 1. The molecule has 0 aromatic carbocycles. The highest BCUT2D eigenvalue weighted by molar-refractivity contribution is 7.98. The predicted molar refractivity (Wildman–Crippen MR) is 104 cm³/mol. The summed E-state index contributed by atoms with van der Waals surface area (Å²) in [6.07, 6.45) is 4.03. The van der Waals surface area contributed by atoms with Crippen molar-refractivity contribution < 1.29 is 4.74 Å². The van der Waals surface area contributed by atoms with Gasteiger partial charge in [-0.25, -0.2) is 0 Å². The van der Waals surface area contributed by atoms with Crippen LogP contribution < -0.4 is 5.32 Å². The molecule has 2 aromatic rings. The third-order valence-electron chi connectivity index (χ3n) is 4.65. The minimum Gasteiger partial charge on any atom is -0.380 e. The van der Waals surface area contributed by atoms with Gasteiger partial charge in [-0.15, -0.1) is 11.3 Å². The summed E-state index contributed by atoms with van der Waals surface area (Å²) in [6.45, 7) is 1.22. The molecule has 0 bridgehead atoms. The maximum atomic E-state index is 9.11. The first kappa shape index (κ1) is 17.6. The number of halogens is 1. The van der Waals surface area contributed by atoms with E-state index in [-0.39, 0.29) is 5.25 Å². The molecule has 0 radical (unpaired) electrons. The molecule has 2 aliphatic rings. The van der Waals surface area contributed by atoms with Gasteiger partial charge in [0.25, 0.3) is 0 Å². The molecule has 2 aromatic heterocycles. The van der Waals surface area contributed by atoms with Crippen molar-refractivity contribution in [2.75, 3.05) is 20.3 Å². The molecule has 0 aliphatic carbocycles. The molecule has 4 rings (SSSR count). The second-order valence-corrected chi connectivity index (χ2v) is 9.01. The van der Waals surface area contributed by atoms with Gasteiger partial charge in [0.1, 0.15) is 6.07 Å². The van der Waals surface area contributed by atoms with E-state index >= 15 is 0 Å². The van der Waals surface area contributed by atoms with E-state index in [0.29, 0.717) is 29.8 Å². The largest absolute Gasteiger partial charge is 0.380 e. The Hall–Kier alpha value is -1.79. The number of aromatic nitrogens is 1.